The minimum Gasteiger partial charge on any atom is -0.486 e. The molecule has 1 atom stereocenters. The number of ether oxygens (including phenoxy) is 3. The number of hydrogen-bond acceptors (Lipinski definition) is 6. The Hall–Kier alpha value is -2.28. The van der Waals surface area contributed by atoms with Gasteiger partial charge in [-0.25, -0.2) is 0 Å². The average molecular weight is 362 g/mol. The molecule has 2 aliphatic rings. The summed E-state index contributed by atoms with van der Waals surface area (Å²) in [6, 6.07) is 5.62. The number of hydrogen-bond donors (Lipinski definition) is 1. The maximum atomic E-state index is 12.4. The number of carbonyl (C=O) groups excluding carboxylic acids is 2. The predicted octanol–water partition coefficient (Wildman–Crippen LogP) is 1.52. The topological polar surface area (TPSA) is 77.1 Å². The van der Waals surface area contributed by atoms with Crippen LogP contribution in [0.1, 0.15) is 31.4 Å². The van der Waals surface area contributed by atoms with E-state index >= 15 is 0 Å². The van der Waals surface area contributed by atoms with Crippen LogP contribution in [0.25, 0.3) is 0 Å². The lowest BCUT2D eigenvalue weighted by Crippen LogP contribution is -2.43. The summed E-state index contributed by atoms with van der Waals surface area (Å²) in [6.45, 7) is 4.84. The average Bonchev–Trinajstić information content (AvgIpc) is 2.67. The van der Waals surface area contributed by atoms with Crippen LogP contribution < -0.4 is 14.8 Å². The number of fused-ring (bicyclic) bond motifs is 1. The van der Waals surface area contributed by atoms with Crippen molar-refractivity contribution in [1.29, 1.82) is 0 Å². The molecule has 0 aliphatic carbocycles. The van der Waals surface area contributed by atoms with E-state index in [1.165, 1.54) is 7.11 Å². The molecule has 1 fully saturated rings. The third-order valence-corrected chi connectivity index (χ3v) is 4.93. The molecule has 1 aromatic carbocycles. The third-order valence-electron chi connectivity index (χ3n) is 4.93. The first-order valence-corrected chi connectivity index (χ1v) is 9.06. The van der Waals surface area contributed by atoms with Crippen LogP contribution in [0.5, 0.6) is 11.5 Å². The van der Waals surface area contributed by atoms with E-state index in [0.717, 1.165) is 43.0 Å². The summed E-state index contributed by atoms with van der Waals surface area (Å²) in [4.78, 5) is 26.0. The number of rotatable bonds is 5. The van der Waals surface area contributed by atoms with Gasteiger partial charge in [0, 0.05) is 0 Å². The van der Waals surface area contributed by atoms with Crippen LogP contribution in [0, 0.1) is 5.92 Å². The lowest BCUT2D eigenvalue weighted by Gasteiger charge is -2.30. The second-order valence-electron chi connectivity index (χ2n) is 6.77. The van der Waals surface area contributed by atoms with Gasteiger partial charge in [0.25, 0.3) is 0 Å². The molecule has 1 aromatic rings. The van der Waals surface area contributed by atoms with Crippen LogP contribution >= 0.6 is 0 Å². The van der Waals surface area contributed by atoms with Gasteiger partial charge in [0.05, 0.1) is 25.6 Å². The van der Waals surface area contributed by atoms with E-state index in [4.69, 9.17) is 14.2 Å². The maximum Gasteiger partial charge on any atom is 0.308 e. The Balaban J connectivity index is 1.48. The first kappa shape index (κ1) is 18.5. The van der Waals surface area contributed by atoms with Gasteiger partial charge in [-0.2, -0.15) is 0 Å². The molecule has 2 aliphatic heterocycles. The number of piperidine rings is 1. The van der Waals surface area contributed by atoms with Gasteiger partial charge in [-0.15, -0.1) is 0 Å². The van der Waals surface area contributed by atoms with Crippen molar-refractivity contribution in [3.63, 3.8) is 0 Å². The summed E-state index contributed by atoms with van der Waals surface area (Å²) >= 11 is 0. The Morgan fingerprint density at radius 2 is 1.92 bits per heavy atom. The number of carbonyl (C=O) groups is 2. The molecule has 0 aromatic heterocycles. The largest absolute Gasteiger partial charge is 0.486 e. The standard InChI is InChI=1S/C19H26N2O5/c1-13(15-3-4-16-17(11-15)26-10-9-25-16)20-18(22)12-21-7-5-14(6-8-21)19(23)24-2/h3-4,11,13-14H,5-10,12H2,1-2H3,(H,20,22)/t13-/m1/s1. The minimum absolute atomic E-state index is 0.0242. The zero-order valence-electron chi connectivity index (χ0n) is 15.3. The van der Waals surface area contributed by atoms with Crippen molar-refractivity contribution in [1.82, 2.24) is 10.2 Å². The zero-order valence-corrected chi connectivity index (χ0v) is 15.3. The third kappa shape index (κ3) is 4.46. The van der Waals surface area contributed by atoms with Gasteiger partial charge in [-0.1, -0.05) is 6.07 Å². The summed E-state index contributed by atoms with van der Waals surface area (Å²) in [6.07, 6.45) is 1.47. The van der Waals surface area contributed by atoms with Gasteiger partial charge in [-0.05, 0) is 50.6 Å². The van der Waals surface area contributed by atoms with Crippen LogP contribution in [-0.2, 0) is 14.3 Å². The molecule has 1 N–H and O–H groups in total. The van der Waals surface area contributed by atoms with Crippen LogP contribution in [0.15, 0.2) is 18.2 Å². The van der Waals surface area contributed by atoms with E-state index < -0.39 is 0 Å². The highest BCUT2D eigenvalue weighted by molar-refractivity contribution is 5.78. The second kappa shape index (κ2) is 8.40. The Morgan fingerprint density at radius 3 is 2.62 bits per heavy atom. The van der Waals surface area contributed by atoms with Crippen molar-refractivity contribution >= 4 is 11.9 Å². The van der Waals surface area contributed by atoms with Gasteiger partial charge in [0.1, 0.15) is 13.2 Å². The molecular weight excluding hydrogens is 336 g/mol. The van der Waals surface area contributed by atoms with Crippen molar-refractivity contribution in [3.8, 4) is 11.5 Å². The zero-order chi connectivity index (χ0) is 18.5. The Labute approximate surface area is 153 Å². The summed E-state index contributed by atoms with van der Waals surface area (Å²) < 4.78 is 15.9. The van der Waals surface area contributed by atoms with Gasteiger partial charge < -0.3 is 19.5 Å². The summed E-state index contributed by atoms with van der Waals surface area (Å²) in [5, 5.41) is 3.03. The number of esters is 1. The molecule has 1 amide bonds. The van der Waals surface area contributed by atoms with Gasteiger partial charge >= 0.3 is 5.97 Å². The Kier molecular flexibility index (Phi) is 5.98. The van der Waals surface area contributed by atoms with Crippen molar-refractivity contribution in [2.75, 3.05) is 40.0 Å². The molecule has 0 spiro atoms. The van der Waals surface area contributed by atoms with Gasteiger partial charge in [0.15, 0.2) is 11.5 Å². The number of amides is 1. The molecular formula is C19H26N2O5. The molecule has 142 valence electrons. The molecule has 7 heteroatoms. The smallest absolute Gasteiger partial charge is 0.308 e. The van der Waals surface area contributed by atoms with Crippen LogP contribution in [0.3, 0.4) is 0 Å². The monoisotopic (exact) mass is 362 g/mol. The van der Waals surface area contributed by atoms with E-state index in [9.17, 15) is 9.59 Å². The summed E-state index contributed by atoms with van der Waals surface area (Å²) in [5.41, 5.74) is 0.979. The second-order valence-corrected chi connectivity index (χ2v) is 6.77. The van der Waals surface area contributed by atoms with E-state index in [0.29, 0.717) is 19.8 Å². The van der Waals surface area contributed by atoms with Crippen LogP contribution in [0.4, 0.5) is 0 Å². The summed E-state index contributed by atoms with van der Waals surface area (Å²) in [5.74, 6) is 1.24. The minimum atomic E-state index is -0.152. The van der Waals surface area contributed by atoms with Gasteiger partial charge in [0.2, 0.25) is 5.91 Å². The van der Waals surface area contributed by atoms with Crippen molar-refractivity contribution in [3.05, 3.63) is 23.8 Å². The molecule has 0 unspecified atom stereocenters. The number of benzene rings is 1. The molecule has 26 heavy (non-hydrogen) atoms. The van der Waals surface area contributed by atoms with E-state index in [2.05, 4.69) is 10.2 Å². The molecule has 0 radical (unpaired) electrons. The van der Waals surface area contributed by atoms with E-state index in [-0.39, 0.29) is 23.8 Å². The fourth-order valence-electron chi connectivity index (χ4n) is 3.40. The van der Waals surface area contributed by atoms with Crippen LogP contribution in [-0.4, -0.2) is 56.7 Å². The quantitative estimate of drug-likeness (QED) is 0.801. The summed E-state index contributed by atoms with van der Waals surface area (Å²) in [7, 11) is 1.42. The molecule has 7 nitrogen and oxygen atoms in total. The predicted molar refractivity (Wildman–Crippen MR) is 95.2 cm³/mol. The molecule has 1 saturated heterocycles. The maximum absolute atomic E-state index is 12.4. The molecule has 0 bridgehead atoms. The van der Waals surface area contributed by atoms with Gasteiger partial charge in [-0.3, -0.25) is 14.5 Å². The number of likely N-dealkylation sites (tertiary alicyclic amines) is 1. The molecule has 0 saturated carbocycles. The van der Waals surface area contributed by atoms with E-state index in [1.54, 1.807) is 0 Å². The first-order valence-electron chi connectivity index (χ1n) is 9.06. The lowest BCUT2D eigenvalue weighted by atomic mass is 9.97. The lowest BCUT2D eigenvalue weighted by molar-refractivity contribution is -0.147. The highest BCUT2D eigenvalue weighted by Crippen LogP contribution is 2.32. The van der Waals surface area contributed by atoms with E-state index in [1.807, 2.05) is 25.1 Å². The number of nitrogens with one attached hydrogen (secondary N) is 1. The van der Waals surface area contributed by atoms with Crippen molar-refractivity contribution < 1.29 is 23.8 Å². The Morgan fingerprint density at radius 1 is 1.23 bits per heavy atom. The van der Waals surface area contributed by atoms with Crippen molar-refractivity contribution in [2.24, 2.45) is 5.92 Å². The highest BCUT2D eigenvalue weighted by atomic mass is 16.6. The fourth-order valence-corrected chi connectivity index (χ4v) is 3.40. The molecule has 3 rings (SSSR count). The SMILES string of the molecule is COC(=O)C1CCN(CC(=O)N[C@H](C)c2ccc3c(c2)OCCO3)CC1. The number of nitrogens with zero attached hydrogens (tertiary/aromatic N) is 1. The fraction of sp³-hybridized carbons (Fsp3) is 0.579. The van der Waals surface area contributed by atoms with Crippen molar-refractivity contribution in [2.45, 2.75) is 25.8 Å². The highest BCUT2D eigenvalue weighted by Gasteiger charge is 2.26. The first-order chi connectivity index (χ1) is 12.6. The Bertz CT molecular complexity index is 655. The normalized spacial score (nSPS) is 18.8. The molecule has 2 heterocycles. The number of methoxy groups -OCH3 is 1. The van der Waals surface area contributed by atoms with Crippen LogP contribution in [0.2, 0.25) is 0 Å².